The number of amides is 1. The number of nitrogens with one attached hydrogen (secondary N) is 1. The number of carbonyl (C=O) groups is 2. The van der Waals surface area contributed by atoms with Gasteiger partial charge in [0, 0.05) is 42.0 Å². The van der Waals surface area contributed by atoms with E-state index < -0.39 is 6.04 Å². The van der Waals surface area contributed by atoms with Gasteiger partial charge in [0.2, 0.25) is 0 Å². The van der Waals surface area contributed by atoms with Gasteiger partial charge in [-0.2, -0.15) is 0 Å². The quantitative estimate of drug-likeness (QED) is 0.271. The Hall–Kier alpha value is -4.64. The molecule has 206 valence electrons. The molecule has 0 spiro atoms. The van der Waals surface area contributed by atoms with Crippen molar-refractivity contribution in [3.63, 3.8) is 0 Å². The fourth-order valence-corrected chi connectivity index (χ4v) is 6.27. The molecule has 0 unspecified atom stereocenters. The van der Waals surface area contributed by atoms with Crippen molar-refractivity contribution < 1.29 is 9.59 Å². The average molecular weight is 542 g/mol. The van der Waals surface area contributed by atoms with Gasteiger partial charge in [0.25, 0.3) is 5.91 Å². The van der Waals surface area contributed by atoms with Crippen molar-refractivity contribution in [2.75, 3.05) is 28.2 Å². The number of fused-ring (bicyclic) bond motifs is 1. The van der Waals surface area contributed by atoms with Crippen LogP contribution in [-0.2, 0) is 4.79 Å². The lowest BCUT2D eigenvalue weighted by Crippen LogP contribution is -2.38. The van der Waals surface area contributed by atoms with Gasteiger partial charge in [-0.05, 0) is 73.7 Å². The summed E-state index contributed by atoms with van der Waals surface area (Å²) in [7, 11) is 0. The molecule has 0 aromatic heterocycles. The van der Waals surface area contributed by atoms with Crippen molar-refractivity contribution in [2.24, 2.45) is 0 Å². The molecular formula is C36H35N3O2. The molecule has 2 atom stereocenters. The number of hydrogen-bond acceptors (Lipinski definition) is 4. The van der Waals surface area contributed by atoms with Crippen LogP contribution in [0.2, 0.25) is 0 Å². The molecule has 0 fully saturated rings. The van der Waals surface area contributed by atoms with Crippen LogP contribution in [0.5, 0.6) is 0 Å². The molecule has 41 heavy (non-hydrogen) atoms. The standard InChI is InChI=1S/C36H35N3O2/c1-3-38(4-2)29-21-19-26(20-22-29)35-34-31(23-28(24-33(34)40)25-13-7-5-8-14-25)37-30-17-11-12-18-32(30)39(35)36(41)27-15-9-6-10-16-27/h5-22,28,35,37H,3-4,23-24H2,1-2H3/t28-,35+/m1/s1. The Morgan fingerprint density at radius 3 is 2.10 bits per heavy atom. The summed E-state index contributed by atoms with van der Waals surface area (Å²) in [4.78, 5) is 32.7. The number of carbonyl (C=O) groups excluding carboxylic acids is 2. The van der Waals surface area contributed by atoms with Gasteiger partial charge < -0.3 is 10.2 Å². The fourth-order valence-electron chi connectivity index (χ4n) is 6.27. The molecule has 4 aromatic rings. The van der Waals surface area contributed by atoms with Crippen LogP contribution in [0.25, 0.3) is 0 Å². The summed E-state index contributed by atoms with van der Waals surface area (Å²) in [6.45, 7) is 6.10. The van der Waals surface area contributed by atoms with E-state index in [0.717, 1.165) is 47.0 Å². The van der Waals surface area contributed by atoms with Gasteiger partial charge in [0.15, 0.2) is 5.78 Å². The lowest BCUT2D eigenvalue weighted by atomic mass is 9.78. The van der Waals surface area contributed by atoms with Gasteiger partial charge in [-0.1, -0.05) is 72.8 Å². The minimum absolute atomic E-state index is 0.0732. The number of benzene rings is 4. The second-order valence-corrected chi connectivity index (χ2v) is 10.7. The molecule has 1 aliphatic carbocycles. The molecule has 4 aromatic carbocycles. The van der Waals surface area contributed by atoms with Crippen LogP contribution in [0.15, 0.2) is 120 Å². The minimum Gasteiger partial charge on any atom is -0.372 e. The third-order valence-corrected chi connectivity index (χ3v) is 8.34. The number of anilines is 3. The molecule has 0 radical (unpaired) electrons. The smallest absolute Gasteiger partial charge is 0.259 e. The van der Waals surface area contributed by atoms with Gasteiger partial charge >= 0.3 is 0 Å². The van der Waals surface area contributed by atoms with Crippen LogP contribution in [0, 0.1) is 0 Å². The molecule has 0 bridgehead atoms. The summed E-state index contributed by atoms with van der Waals surface area (Å²) in [5.74, 6) is 0.0117. The number of ketones is 1. The summed E-state index contributed by atoms with van der Waals surface area (Å²) < 4.78 is 0. The second-order valence-electron chi connectivity index (χ2n) is 10.7. The number of nitrogens with zero attached hydrogens (tertiary/aromatic N) is 2. The zero-order valence-electron chi connectivity index (χ0n) is 23.6. The van der Waals surface area contributed by atoms with E-state index in [1.54, 1.807) is 0 Å². The van der Waals surface area contributed by atoms with Gasteiger partial charge in [-0.25, -0.2) is 0 Å². The lowest BCUT2D eigenvalue weighted by molar-refractivity contribution is -0.116. The second kappa shape index (κ2) is 11.5. The summed E-state index contributed by atoms with van der Waals surface area (Å²) in [5.41, 5.74) is 6.94. The van der Waals surface area contributed by atoms with E-state index >= 15 is 0 Å². The van der Waals surface area contributed by atoms with Crippen LogP contribution in [0.3, 0.4) is 0 Å². The Labute approximate surface area is 242 Å². The molecule has 1 amide bonds. The average Bonchev–Trinajstić information content (AvgIpc) is 3.17. The number of allylic oxidation sites excluding steroid dienone is 1. The number of Topliss-reactive ketones (excluding diaryl/α,β-unsaturated/α-hetero) is 1. The molecule has 2 aliphatic rings. The van der Waals surface area contributed by atoms with E-state index in [1.165, 1.54) is 0 Å². The number of para-hydroxylation sites is 2. The Balaban J connectivity index is 1.54. The van der Waals surface area contributed by atoms with Gasteiger partial charge in [0.05, 0.1) is 17.4 Å². The molecule has 5 nitrogen and oxygen atoms in total. The van der Waals surface area contributed by atoms with E-state index in [2.05, 4.69) is 60.5 Å². The first kappa shape index (κ1) is 26.6. The van der Waals surface area contributed by atoms with Crippen LogP contribution in [0.4, 0.5) is 17.1 Å². The monoisotopic (exact) mass is 541 g/mol. The van der Waals surface area contributed by atoms with E-state index in [-0.39, 0.29) is 17.6 Å². The molecular weight excluding hydrogens is 506 g/mol. The Kier molecular flexibility index (Phi) is 7.43. The summed E-state index contributed by atoms with van der Waals surface area (Å²) in [5, 5.41) is 3.63. The molecule has 0 saturated heterocycles. The molecule has 0 saturated carbocycles. The molecule has 1 aliphatic heterocycles. The predicted molar refractivity (Wildman–Crippen MR) is 167 cm³/mol. The van der Waals surface area contributed by atoms with Crippen molar-refractivity contribution in [3.8, 4) is 0 Å². The topological polar surface area (TPSA) is 52.7 Å². The molecule has 1 heterocycles. The maximum atomic E-state index is 14.4. The Morgan fingerprint density at radius 2 is 1.41 bits per heavy atom. The highest BCUT2D eigenvalue weighted by Crippen LogP contribution is 2.48. The van der Waals surface area contributed by atoms with Crippen LogP contribution in [-0.4, -0.2) is 24.8 Å². The highest BCUT2D eigenvalue weighted by molar-refractivity contribution is 6.12. The van der Waals surface area contributed by atoms with Crippen molar-refractivity contribution in [2.45, 2.75) is 38.6 Å². The van der Waals surface area contributed by atoms with Crippen molar-refractivity contribution in [3.05, 3.63) is 137 Å². The zero-order valence-corrected chi connectivity index (χ0v) is 23.6. The molecule has 5 heteroatoms. The highest BCUT2D eigenvalue weighted by Gasteiger charge is 2.41. The first-order chi connectivity index (χ1) is 20.1. The third kappa shape index (κ3) is 5.04. The van der Waals surface area contributed by atoms with E-state index in [0.29, 0.717) is 24.0 Å². The molecule has 1 N–H and O–H groups in total. The van der Waals surface area contributed by atoms with E-state index in [9.17, 15) is 9.59 Å². The first-order valence-electron chi connectivity index (χ1n) is 14.5. The zero-order chi connectivity index (χ0) is 28.3. The fraction of sp³-hybridized carbons (Fsp3) is 0.222. The van der Waals surface area contributed by atoms with E-state index in [4.69, 9.17) is 0 Å². The highest BCUT2D eigenvalue weighted by atomic mass is 16.2. The summed E-state index contributed by atoms with van der Waals surface area (Å²) >= 11 is 0. The first-order valence-corrected chi connectivity index (χ1v) is 14.5. The number of hydrogen-bond donors (Lipinski definition) is 1. The Bertz CT molecular complexity index is 1570. The van der Waals surface area contributed by atoms with Crippen molar-refractivity contribution in [1.82, 2.24) is 0 Å². The maximum Gasteiger partial charge on any atom is 0.259 e. The lowest BCUT2D eigenvalue weighted by Gasteiger charge is -2.35. The van der Waals surface area contributed by atoms with Crippen LogP contribution in [0.1, 0.15) is 60.1 Å². The van der Waals surface area contributed by atoms with Crippen molar-refractivity contribution >= 4 is 28.8 Å². The van der Waals surface area contributed by atoms with Gasteiger partial charge in [0.1, 0.15) is 0 Å². The largest absolute Gasteiger partial charge is 0.372 e. The third-order valence-electron chi connectivity index (χ3n) is 8.34. The Morgan fingerprint density at radius 1 is 0.780 bits per heavy atom. The van der Waals surface area contributed by atoms with Gasteiger partial charge in [-0.15, -0.1) is 0 Å². The van der Waals surface area contributed by atoms with Crippen molar-refractivity contribution in [1.29, 1.82) is 0 Å². The SMILES string of the molecule is CCN(CC)c1ccc([C@H]2C3=C(C[C@@H](c4ccccc4)CC3=O)Nc3ccccc3N2C(=O)c2ccccc2)cc1. The van der Waals surface area contributed by atoms with Crippen LogP contribution >= 0.6 is 0 Å². The normalized spacial score (nSPS) is 18.2. The minimum atomic E-state index is -0.566. The number of rotatable bonds is 6. The maximum absolute atomic E-state index is 14.4. The summed E-state index contributed by atoms with van der Waals surface area (Å²) in [6, 6.07) is 35.3. The summed E-state index contributed by atoms with van der Waals surface area (Å²) in [6.07, 6.45) is 1.10. The van der Waals surface area contributed by atoms with Gasteiger partial charge in [-0.3, -0.25) is 14.5 Å². The van der Waals surface area contributed by atoms with Crippen LogP contribution < -0.4 is 15.1 Å². The van der Waals surface area contributed by atoms with E-state index in [1.807, 2.05) is 77.7 Å². The predicted octanol–water partition coefficient (Wildman–Crippen LogP) is 7.75. The molecule has 6 rings (SSSR count).